The molecule has 0 aliphatic heterocycles. The van der Waals surface area contributed by atoms with Crippen LogP contribution < -0.4 is 0 Å². The third-order valence-corrected chi connectivity index (χ3v) is 2.83. The van der Waals surface area contributed by atoms with E-state index in [1.807, 2.05) is 37.3 Å². The molecule has 2 nitrogen and oxygen atoms in total. The van der Waals surface area contributed by atoms with Crippen molar-refractivity contribution < 1.29 is 4.79 Å². The first-order chi connectivity index (χ1) is 8.72. The summed E-state index contributed by atoms with van der Waals surface area (Å²) in [5.74, 6) is -0.879. The van der Waals surface area contributed by atoms with Crippen molar-refractivity contribution in [1.29, 1.82) is 5.26 Å². The molecule has 2 aromatic carbocycles. The normalized spacial score (nSPS) is 11.6. The number of hydrogen-bond donors (Lipinski definition) is 0. The number of Topliss-reactive ketones (excluding diaryl/α,β-unsaturated/α-hetero) is 1. The van der Waals surface area contributed by atoms with Gasteiger partial charge in [0.1, 0.15) is 5.92 Å². The summed E-state index contributed by atoms with van der Waals surface area (Å²) in [5.41, 5.74) is 2.38. The van der Waals surface area contributed by atoms with Gasteiger partial charge >= 0.3 is 0 Å². The van der Waals surface area contributed by atoms with Crippen LogP contribution in [0.1, 0.15) is 27.4 Å². The molecular formula is C16H13NO. The van der Waals surface area contributed by atoms with Gasteiger partial charge in [-0.05, 0) is 12.5 Å². The predicted molar refractivity (Wildman–Crippen MR) is 70.3 cm³/mol. The molecule has 0 saturated heterocycles. The van der Waals surface area contributed by atoms with Crippen molar-refractivity contribution in [3.05, 3.63) is 71.3 Å². The Kier molecular flexibility index (Phi) is 3.54. The van der Waals surface area contributed by atoms with Crippen LogP contribution in [0.4, 0.5) is 0 Å². The molecule has 0 radical (unpaired) electrons. The minimum Gasteiger partial charge on any atom is -0.292 e. The van der Waals surface area contributed by atoms with Gasteiger partial charge in [0.25, 0.3) is 0 Å². The lowest BCUT2D eigenvalue weighted by atomic mass is 9.91. The number of hydrogen-bond acceptors (Lipinski definition) is 2. The third kappa shape index (κ3) is 2.46. The zero-order chi connectivity index (χ0) is 13.0. The standard InChI is InChI=1S/C16H13NO/c1-12-6-5-9-14(10-12)15(11-17)16(18)13-7-3-2-4-8-13/h2-10,15H,1H3. The molecule has 0 spiro atoms. The fourth-order valence-corrected chi connectivity index (χ4v) is 1.90. The van der Waals surface area contributed by atoms with Gasteiger partial charge in [0, 0.05) is 5.56 Å². The maximum absolute atomic E-state index is 12.3. The minimum absolute atomic E-state index is 0.149. The number of carbonyl (C=O) groups is 1. The van der Waals surface area contributed by atoms with Crippen LogP contribution in [0.2, 0.25) is 0 Å². The molecule has 18 heavy (non-hydrogen) atoms. The molecule has 0 saturated carbocycles. The average molecular weight is 235 g/mol. The van der Waals surface area contributed by atoms with Crippen molar-refractivity contribution in [2.75, 3.05) is 0 Å². The summed E-state index contributed by atoms with van der Waals surface area (Å²) in [5, 5.41) is 9.23. The molecule has 0 bridgehead atoms. The molecular weight excluding hydrogens is 222 g/mol. The Bertz CT molecular complexity index is 596. The quantitative estimate of drug-likeness (QED) is 0.764. The van der Waals surface area contributed by atoms with E-state index in [0.717, 1.165) is 11.1 Å². The molecule has 0 heterocycles. The van der Waals surface area contributed by atoms with Crippen LogP contribution in [-0.2, 0) is 0 Å². The van der Waals surface area contributed by atoms with E-state index in [9.17, 15) is 10.1 Å². The Labute approximate surface area is 107 Å². The van der Waals surface area contributed by atoms with E-state index >= 15 is 0 Å². The summed E-state index contributed by atoms with van der Waals surface area (Å²) in [6.45, 7) is 1.95. The highest BCUT2D eigenvalue weighted by atomic mass is 16.1. The molecule has 1 unspecified atom stereocenters. The fourth-order valence-electron chi connectivity index (χ4n) is 1.90. The van der Waals surface area contributed by atoms with Gasteiger partial charge in [-0.1, -0.05) is 60.2 Å². The van der Waals surface area contributed by atoms with Gasteiger partial charge in [-0.2, -0.15) is 5.26 Å². The summed E-state index contributed by atoms with van der Waals surface area (Å²) < 4.78 is 0. The van der Waals surface area contributed by atoms with E-state index in [4.69, 9.17) is 0 Å². The van der Waals surface area contributed by atoms with Crippen LogP contribution in [0.25, 0.3) is 0 Å². The molecule has 0 aromatic heterocycles. The molecule has 0 amide bonds. The Morgan fingerprint density at radius 3 is 2.44 bits per heavy atom. The third-order valence-electron chi connectivity index (χ3n) is 2.83. The van der Waals surface area contributed by atoms with Crippen molar-refractivity contribution in [3.8, 4) is 6.07 Å². The summed E-state index contributed by atoms with van der Waals surface area (Å²) in [7, 11) is 0. The fraction of sp³-hybridized carbons (Fsp3) is 0.125. The number of nitriles is 1. The van der Waals surface area contributed by atoms with Gasteiger partial charge in [0.15, 0.2) is 5.78 Å². The van der Waals surface area contributed by atoms with Crippen LogP contribution >= 0.6 is 0 Å². The van der Waals surface area contributed by atoms with E-state index in [0.29, 0.717) is 5.56 Å². The SMILES string of the molecule is Cc1cccc(C(C#N)C(=O)c2ccccc2)c1. The Balaban J connectivity index is 2.36. The van der Waals surface area contributed by atoms with Crippen LogP contribution in [0.15, 0.2) is 54.6 Å². The van der Waals surface area contributed by atoms with Crippen molar-refractivity contribution in [2.45, 2.75) is 12.8 Å². The molecule has 1 atom stereocenters. The highest BCUT2D eigenvalue weighted by molar-refractivity contribution is 6.02. The van der Waals surface area contributed by atoms with Crippen LogP contribution in [0.5, 0.6) is 0 Å². The molecule has 0 aliphatic rings. The first-order valence-electron chi connectivity index (χ1n) is 5.78. The Morgan fingerprint density at radius 2 is 1.83 bits per heavy atom. The van der Waals surface area contributed by atoms with Crippen molar-refractivity contribution in [1.82, 2.24) is 0 Å². The predicted octanol–water partition coefficient (Wildman–Crippen LogP) is 3.49. The minimum atomic E-state index is -0.729. The second-order valence-corrected chi connectivity index (χ2v) is 4.21. The number of aryl methyl sites for hydroxylation is 1. The molecule has 88 valence electrons. The second kappa shape index (κ2) is 5.29. The van der Waals surface area contributed by atoms with Gasteiger partial charge in [-0.15, -0.1) is 0 Å². The van der Waals surface area contributed by atoms with Crippen molar-refractivity contribution >= 4 is 5.78 Å². The number of carbonyl (C=O) groups excluding carboxylic acids is 1. The van der Waals surface area contributed by atoms with Gasteiger partial charge in [-0.3, -0.25) is 4.79 Å². The van der Waals surface area contributed by atoms with Gasteiger partial charge in [-0.25, -0.2) is 0 Å². The summed E-state index contributed by atoms with van der Waals surface area (Å²) >= 11 is 0. The van der Waals surface area contributed by atoms with Crippen LogP contribution in [-0.4, -0.2) is 5.78 Å². The summed E-state index contributed by atoms with van der Waals surface area (Å²) in [4.78, 5) is 12.3. The van der Waals surface area contributed by atoms with E-state index in [1.54, 1.807) is 24.3 Å². The van der Waals surface area contributed by atoms with E-state index < -0.39 is 5.92 Å². The van der Waals surface area contributed by atoms with Crippen molar-refractivity contribution in [3.63, 3.8) is 0 Å². The molecule has 0 fully saturated rings. The van der Waals surface area contributed by atoms with E-state index in [1.165, 1.54) is 0 Å². The number of rotatable bonds is 3. The first-order valence-corrected chi connectivity index (χ1v) is 5.78. The van der Waals surface area contributed by atoms with Gasteiger partial charge in [0.2, 0.25) is 0 Å². The van der Waals surface area contributed by atoms with Crippen LogP contribution in [0.3, 0.4) is 0 Å². The highest BCUT2D eigenvalue weighted by Crippen LogP contribution is 2.21. The number of ketones is 1. The highest BCUT2D eigenvalue weighted by Gasteiger charge is 2.21. The molecule has 2 rings (SSSR count). The average Bonchev–Trinajstić information content (AvgIpc) is 2.40. The van der Waals surface area contributed by atoms with Gasteiger partial charge < -0.3 is 0 Å². The first kappa shape index (κ1) is 12.1. The molecule has 0 N–H and O–H groups in total. The lowest BCUT2D eigenvalue weighted by Gasteiger charge is -2.09. The molecule has 2 aromatic rings. The second-order valence-electron chi connectivity index (χ2n) is 4.21. The molecule has 0 aliphatic carbocycles. The van der Waals surface area contributed by atoms with Crippen LogP contribution in [0, 0.1) is 18.3 Å². The molecule has 2 heteroatoms. The topological polar surface area (TPSA) is 40.9 Å². The maximum atomic E-state index is 12.3. The largest absolute Gasteiger partial charge is 0.292 e. The monoisotopic (exact) mass is 235 g/mol. The zero-order valence-corrected chi connectivity index (χ0v) is 10.1. The summed E-state index contributed by atoms with van der Waals surface area (Å²) in [6.07, 6.45) is 0. The van der Waals surface area contributed by atoms with Crippen molar-refractivity contribution in [2.24, 2.45) is 0 Å². The van der Waals surface area contributed by atoms with Gasteiger partial charge in [0.05, 0.1) is 6.07 Å². The Hall–Kier alpha value is -2.40. The number of nitrogens with zero attached hydrogens (tertiary/aromatic N) is 1. The lowest BCUT2D eigenvalue weighted by Crippen LogP contribution is -2.11. The number of benzene rings is 2. The lowest BCUT2D eigenvalue weighted by molar-refractivity contribution is 0.0979. The maximum Gasteiger partial charge on any atom is 0.184 e. The zero-order valence-electron chi connectivity index (χ0n) is 10.1. The van der Waals surface area contributed by atoms with E-state index in [2.05, 4.69) is 6.07 Å². The smallest absolute Gasteiger partial charge is 0.184 e. The van der Waals surface area contributed by atoms with E-state index in [-0.39, 0.29) is 5.78 Å². The summed E-state index contributed by atoms with van der Waals surface area (Å²) in [6, 6.07) is 18.6. The Morgan fingerprint density at radius 1 is 1.11 bits per heavy atom.